The molecule has 4 nitrogen and oxygen atoms in total. The first kappa shape index (κ1) is 15.4. The average molecular weight is 312 g/mol. The highest BCUT2D eigenvalue weighted by molar-refractivity contribution is 5.89. The molecule has 1 aromatic heterocycles. The fraction of sp³-hybridized carbons (Fsp3) is 0.263. The molecule has 1 N–H and O–H groups in total. The van der Waals surface area contributed by atoms with Gasteiger partial charge in [0.1, 0.15) is 11.5 Å². The summed E-state index contributed by atoms with van der Waals surface area (Å²) in [6, 6.07) is 13.8. The summed E-state index contributed by atoms with van der Waals surface area (Å²) in [5.41, 5.74) is 2.75. The Hall–Kier alpha value is -2.46. The summed E-state index contributed by atoms with van der Waals surface area (Å²) in [5.74, 6) is 2.22. The van der Waals surface area contributed by atoms with E-state index in [4.69, 9.17) is 19.0 Å². The van der Waals surface area contributed by atoms with Crippen LogP contribution in [0.25, 0.3) is 22.3 Å². The zero-order chi connectivity index (χ0) is 16.2. The second-order valence-corrected chi connectivity index (χ2v) is 5.35. The normalized spacial score (nSPS) is 10.9. The molecule has 3 rings (SSSR count). The van der Waals surface area contributed by atoms with Gasteiger partial charge in [-0.3, -0.25) is 0 Å². The van der Waals surface area contributed by atoms with Crippen molar-refractivity contribution < 1.29 is 19.0 Å². The van der Waals surface area contributed by atoms with Gasteiger partial charge in [0.05, 0.1) is 19.8 Å². The van der Waals surface area contributed by atoms with Crippen LogP contribution in [0.3, 0.4) is 0 Å². The molecule has 0 saturated carbocycles. The van der Waals surface area contributed by atoms with Gasteiger partial charge in [-0.25, -0.2) is 0 Å². The van der Waals surface area contributed by atoms with E-state index in [1.807, 2.05) is 36.4 Å². The van der Waals surface area contributed by atoms with E-state index in [2.05, 4.69) is 6.07 Å². The van der Waals surface area contributed by atoms with Gasteiger partial charge in [-0.05, 0) is 48.7 Å². The summed E-state index contributed by atoms with van der Waals surface area (Å²) < 4.78 is 16.9. The highest BCUT2D eigenvalue weighted by atomic mass is 16.5. The Morgan fingerprint density at radius 1 is 1.00 bits per heavy atom. The molecule has 0 aliphatic carbocycles. The topological polar surface area (TPSA) is 51.8 Å². The van der Waals surface area contributed by atoms with Gasteiger partial charge >= 0.3 is 0 Å². The maximum Gasteiger partial charge on any atom is 0.176 e. The summed E-state index contributed by atoms with van der Waals surface area (Å²) >= 11 is 0. The van der Waals surface area contributed by atoms with Gasteiger partial charge in [0.2, 0.25) is 0 Å². The van der Waals surface area contributed by atoms with Crippen molar-refractivity contribution in [3.63, 3.8) is 0 Å². The zero-order valence-corrected chi connectivity index (χ0v) is 13.3. The molecule has 0 saturated heterocycles. The lowest BCUT2D eigenvalue weighted by atomic mass is 10.1. The fourth-order valence-electron chi connectivity index (χ4n) is 2.74. The van der Waals surface area contributed by atoms with Crippen molar-refractivity contribution in [1.82, 2.24) is 0 Å². The van der Waals surface area contributed by atoms with Crippen molar-refractivity contribution in [1.29, 1.82) is 0 Å². The molecule has 0 aliphatic rings. The summed E-state index contributed by atoms with van der Waals surface area (Å²) in [7, 11) is 3.28. The van der Waals surface area contributed by atoms with E-state index in [9.17, 15) is 0 Å². The number of hydrogen-bond donors (Lipinski definition) is 1. The lowest BCUT2D eigenvalue weighted by Crippen LogP contribution is -1.91. The lowest BCUT2D eigenvalue weighted by molar-refractivity contribution is 0.288. The minimum Gasteiger partial charge on any atom is -0.496 e. The van der Waals surface area contributed by atoms with Crippen LogP contribution in [-0.2, 0) is 6.42 Å². The third kappa shape index (κ3) is 3.03. The van der Waals surface area contributed by atoms with Gasteiger partial charge in [-0.15, -0.1) is 0 Å². The summed E-state index contributed by atoms with van der Waals surface area (Å²) in [6.45, 7) is 0.179. The number of ether oxygens (including phenoxy) is 2. The molecule has 0 fully saturated rings. The first-order valence-corrected chi connectivity index (χ1v) is 7.61. The molecule has 2 aromatic carbocycles. The first-order valence-electron chi connectivity index (χ1n) is 7.61. The fourth-order valence-corrected chi connectivity index (χ4v) is 2.74. The number of aliphatic hydroxyl groups excluding tert-OH is 1. The van der Waals surface area contributed by atoms with E-state index in [-0.39, 0.29) is 6.61 Å². The molecule has 1 heterocycles. The Morgan fingerprint density at radius 3 is 2.52 bits per heavy atom. The van der Waals surface area contributed by atoms with E-state index in [0.717, 1.165) is 46.4 Å². The highest BCUT2D eigenvalue weighted by Gasteiger charge is 2.14. The van der Waals surface area contributed by atoms with Crippen LogP contribution < -0.4 is 9.47 Å². The van der Waals surface area contributed by atoms with E-state index < -0.39 is 0 Å². The zero-order valence-electron chi connectivity index (χ0n) is 13.3. The molecule has 4 heteroatoms. The van der Waals surface area contributed by atoms with Crippen molar-refractivity contribution in [2.24, 2.45) is 0 Å². The highest BCUT2D eigenvalue weighted by Crippen LogP contribution is 2.37. The van der Waals surface area contributed by atoms with Gasteiger partial charge < -0.3 is 19.0 Å². The maximum absolute atomic E-state index is 9.01. The second kappa shape index (κ2) is 6.75. The molecule has 3 aromatic rings. The standard InChI is InChI=1S/C19H20O4/c1-21-16-8-4-3-7-15(16)17-12-14-10-13(6-5-9-20)11-18(22-2)19(14)23-17/h3-4,7-8,10-12,20H,5-6,9H2,1-2H3. The van der Waals surface area contributed by atoms with Crippen molar-refractivity contribution >= 4 is 11.0 Å². The average Bonchev–Trinajstić information content (AvgIpc) is 3.03. The summed E-state index contributed by atoms with van der Waals surface area (Å²) in [4.78, 5) is 0. The number of rotatable bonds is 6. The second-order valence-electron chi connectivity index (χ2n) is 5.35. The number of aryl methyl sites for hydroxylation is 1. The predicted molar refractivity (Wildman–Crippen MR) is 90.2 cm³/mol. The lowest BCUT2D eigenvalue weighted by Gasteiger charge is -2.05. The molecule has 0 atom stereocenters. The molecule has 0 unspecified atom stereocenters. The molecule has 23 heavy (non-hydrogen) atoms. The molecule has 0 bridgehead atoms. The van der Waals surface area contributed by atoms with Crippen molar-refractivity contribution in [3.05, 3.63) is 48.0 Å². The number of para-hydroxylation sites is 1. The van der Waals surface area contributed by atoms with E-state index >= 15 is 0 Å². The molecule has 0 spiro atoms. The Labute approximate surface area is 135 Å². The quantitative estimate of drug-likeness (QED) is 0.746. The number of methoxy groups -OCH3 is 2. The van der Waals surface area contributed by atoms with Crippen molar-refractivity contribution in [2.75, 3.05) is 20.8 Å². The molecule has 0 aliphatic heterocycles. The number of hydrogen-bond acceptors (Lipinski definition) is 4. The van der Waals surface area contributed by atoms with Crippen LogP contribution >= 0.6 is 0 Å². The Kier molecular flexibility index (Phi) is 4.53. The summed E-state index contributed by atoms with van der Waals surface area (Å²) in [5, 5.41) is 10.00. The van der Waals surface area contributed by atoms with E-state index in [1.54, 1.807) is 14.2 Å². The van der Waals surface area contributed by atoms with Crippen LogP contribution in [0.15, 0.2) is 46.9 Å². The van der Waals surface area contributed by atoms with Gasteiger partial charge in [0.15, 0.2) is 11.3 Å². The molecule has 0 amide bonds. The van der Waals surface area contributed by atoms with Gasteiger partial charge in [-0.2, -0.15) is 0 Å². The number of benzene rings is 2. The van der Waals surface area contributed by atoms with Crippen LogP contribution in [0.5, 0.6) is 11.5 Å². The van der Waals surface area contributed by atoms with E-state index in [0.29, 0.717) is 5.75 Å². The predicted octanol–water partition coefficient (Wildman–Crippen LogP) is 4.04. The van der Waals surface area contributed by atoms with Gasteiger partial charge in [0.25, 0.3) is 0 Å². The van der Waals surface area contributed by atoms with Crippen LogP contribution in [-0.4, -0.2) is 25.9 Å². The Bertz CT molecular complexity index is 804. The monoisotopic (exact) mass is 312 g/mol. The molecule has 0 radical (unpaired) electrons. The van der Waals surface area contributed by atoms with Crippen LogP contribution in [0.2, 0.25) is 0 Å². The van der Waals surface area contributed by atoms with E-state index in [1.165, 1.54) is 0 Å². The Balaban J connectivity index is 2.10. The van der Waals surface area contributed by atoms with Crippen molar-refractivity contribution in [3.8, 4) is 22.8 Å². The smallest absolute Gasteiger partial charge is 0.176 e. The minimum absolute atomic E-state index is 0.179. The van der Waals surface area contributed by atoms with Crippen LogP contribution in [0, 0.1) is 0 Å². The largest absolute Gasteiger partial charge is 0.496 e. The SMILES string of the molecule is COc1ccccc1-c1cc2cc(CCCO)cc(OC)c2o1. The van der Waals surface area contributed by atoms with Gasteiger partial charge in [-0.1, -0.05) is 12.1 Å². The van der Waals surface area contributed by atoms with Crippen molar-refractivity contribution in [2.45, 2.75) is 12.8 Å². The van der Waals surface area contributed by atoms with Crippen LogP contribution in [0.4, 0.5) is 0 Å². The maximum atomic E-state index is 9.01. The number of furan rings is 1. The third-order valence-corrected chi connectivity index (χ3v) is 3.86. The summed E-state index contributed by atoms with van der Waals surface area (Å²) in [6.07, 6.45) is 1.53. The Morgan fingerprint density at radius 2 is 1.78 bits per heavy atom. The molecular weight excluding hydrogens is 292 g/mol. The van der Waals surface area contributed by atoms with Gasteiger partial charge in [0, 0.05) is 12.0 Å². The first-order chi connectivity index (χ1) is 11.3. The molecular formula is C19H20O4. The number of fused-ring (bicyclic) bond motifs is 1. The minimum atomic E-state index is 0.179. The van der Waals surface area contributed by atoms with Crippen LogP contribution in [0.1, 0.15) is 12.0 Å². The molecule has 120 valence electrons. The third-order valence-electron chi connectivity index (χ3n) is 3.86. The number of aliphatic hydroxyl groups is 1.